The molecular weight excluding hydrogens is 477 g/mol. The SMILES string of the molecule is CN=C(NCCCCSC)NCc1ccc(-c2ccc(OC)cc2)s1.I. The zero-order valence-corrected chi connectivity index (χ0v) is 19.5. The number of unbranched alkanes of at least 4 members (excludes halogenated alkanes) is 1. The van der Waals surface area contributed by atoms with Crippen molar-refractivity contribution in [2.75, 3.05) is 32.7 Å². The van der Waals surface area contributed by atoms with Crippen molar-refractivity contribution in [3.63, 3.8) is 0 Å². The predicted octanol–water partition coefficient (Wildman–Crippen LogP) is 4.85. The number of thioether (sulfide) groups is 1. The molecule has 144 valence electrons. The molecule has 0 unspecified atom stereocenters. The number of hydrogen-bond donors (Lipinski definition) is 2. The molecule has 0 saturated heterocycles. The number of hydrogen-bond acceptors (Lipinski definition) is 4. The molecule has 4 nitrogen and oxygen atoms in total. The second kappa shape index (κ2) is 13.3. The van der Waals surface area contributed by atoms with Crippen LogP contribution in [0.4, 0.5) is 0 Å². The van der Waals surface area contributed by atoms with Gasteiger partial charge in [0.25, 0.3) is 0 Å². The third kappa shape index (κ3) is 7.75. The summed E-state index contributed by atoms with van der Waals surface area (Å²) in [6.45, 7) is 1.74. The highest BCUT2D eigenvalue weighted by atomic mass is 127. The van der Waals surface area contributed by atoms with Crippen molar-refractivity contribution in [3.05, 3.63) is 41.3 Å². The molecule has 1 aromatic heterocycles. The number of benzene rings is 1. The summed E-state index contributed by atoms with van der Waals surface area (Å²) in [6, 6.07) is 12.5. The number of ether oxygens (including phenoxy) is 1. The first kappa shape index (κ1) is 23.1. The van der Waals surface area contributed by atoms with Crippen molar-refractivity contribution in [3.8, 4) is 16.2 Å². The van der Waals surface area contributed by atoms with Gasteiger partial charge in [0.15, 0.2) is 5.96 Å². The maximum atomic E-state index is 5.21. The Labute approximate surface area is 182 Å². The molecular formula is C19H28IN3OS2. The van der Waals surface area contributed by atoms with Crippen LogP contribution in [0, 0.1) is 0 Å². The molecule has 0 aliphatic rings. The monoisotopic (exact) mass is 505 g/mol. The molecule has 1 heterocycles. The van der Waals surface area contributed by atoms with Crippen molar-refractivity contribution in [2.24, 2.45) is 4.99 Å². The van der Waals surface area contributed by atoms with E-state index in [1.165, 1.54) is 33.9 Å². The van der Waals surface area contributed by atoms with Gasteiger partial charge >= 0.3 is 0 Å². The minimum atomic E-state index is 0. The first-order chi connectivity index (χ1) is 12.3. The average molecular weight is 505 g/mol. The lowest BCUT2D eigenvalue weighted by atomic mass is 10.2. The molecule has 2 N–H and O–H groups in total. The van der Waals surface area contributed by atoms with Gasteiger partial charge in [0.05, 0.1) is 13.7 Å². The van der Waals surface area contributed by atoms with Crippen LogP contribution >= 0.6 is 47.1 Å². The van der Waals surface area contributed by atoms with E-state index in [9.17, 15) is 0 Å². The summed E-state index contributed by atoms with van der Waals surface area (Å²) in [6.07, 6.45) is 4.55. The zero-order chi connectivity index (χ0) is 17.9. The van der Waals surface area contributed by atoms with Gasteiger partial charge in [-0.1, -0.05) is 0 Å². The summed E-state index contributed by atoms with van der Waals surface area (Å²) >= 11 is 3.69. The number of methoxy groups -OCH3 is 1. The topological polar surface area (TPSA) is 45.7 Å². The fraction of sp³-hybridized carbons (Fsp3) is 0.421. The molecule has 0 bridgehead atoms. The third-order valence-corrected chi connectivity index (χ3v) is 5.59. The van der Waals surface area contributed by atoms with Crippen LogP contribution in [0.3, 0.4) is 0 Å². The van der Waals surface area contributed by atoms with Crippen LogP contribution < -0.4 is 15.4 Å². The Bertz CT molecular complexity index is 659. The molecule has 0 aliphatic heterocycles. The summed E-state index contributed by atoms with van der Waals surface area (Å²) < 4.78 is 5.21. The largest absolute Gasteiger partial charge is 0.497 e. The molecule has 26 heavy (non-hydrogen) atoms. The second-order valence-electron chi connectivity index (χ2n) is 5.55. The highest BCUT2D eigenvalue weighted by Crippen LogP contribution is 2.29. The molecule has 0 spiro atoms. The Kier molecular flexibility index (Phi) is 11.8. The van der Waals surface area contributed by atoms with E-state index in [0.717, 1.165) is 24.8 Å². The van der Waals surface area contributed by atoms with Crippen LogP contribution in [0.5, 0.6) is 5.75 Å². The Morgan fingerprint density at radius 1 is 1.12 bits per heavy atom. The van der Waals surface area contributed by atoms with Gasteiger partial charge in [0, 0.05) is 23.3 Å². The van der Waals surface area contributed by atoms with E-state index in [2.05, 4.69) is 46.1 Å². The van der Waals surface area contributed by atoms with Crippen LogP contribution in [-0.2, 0) is 6.54 Å². The van der Waals surface area contributed by atoms with E-state index in [4.69, 9.17) is 4.74 Å². The maximum absolute atomic E-state index is 5.21. The second-order valence-corrected chi connectivity index (χ2v) is 7.70. The lowest BCUT2D eigenvalue weighted by Crippen LogP contribution is -2.37. The minimum absolute atomic E-state index is 0. The standard InChI is InChI=1S/C19H27N3OS2.HI/c1-20-19(21-12-4-5-13-24-3)22-14-17-10-11-18(25-17)15-6-8-16(23-2)9-7-15;/h6-11H,4-5,12-14H2,1-3H3,(H2,20,21,22);1H. The zero-order valence-electron chi connectivity index (χ0n) is 15.6. The minimum Gasteiger partial charge on any atom is -0.497 e. The van der Waals surface area contributed by atoms with E-state index >= 15 is 0 Å². The van der Waals surface area contributed by atoms with Crippen LogP contribution in [0.2, 0.25) is 0 Å². The summed E-state index contributed by atoms with van der Waals surface area (Å²) in [7, 11) is 3.50. The van der Waals surface area contributed by atoms with Gasteiger partial charge in [-0.3, -0.25) is 4.99 Å². The molecule has 1 aromatic carbocycles. The number of nitrogens with zero attached hydrogens (tertiary/aromatic N) is 1. The van der Waals surface area contributed by atoms with Crippen molar-refractivity contribution in [1.29, 1.82) is 0 Å². The lowest BCUT2D eigenvalue weighted by Gasteiger charge is -2.10. The fourth-order valence-electron chi connectivity index (χ4n) is 2.35. The van der Waals surface area contributed by atoms with Gasteiger partial charge in [-0.25, -0.2) is 0 Å². The van der Waals surface area contributed by atoms with E-state index in [-0.39, 0.29) is 24.0 Å². The molecule has 0 amide bonds. The van der Waals surface area contributed by atoms with Gasteiger partial charge < -0.3 is 15.4 Å². The predicted molar refractivity (Wildman–Crippen MR) is 128 cm³/mol. The number of aliphatic imine (C=N–C) groups is 1. The van der Waals surface area contributed by atoms with E-state index in [1.807, 2.05) is 30.9 Å². The number of halogens is 1. The molecule has 0 atom stereocenters. The average Bonchev–Trinajstić information content (AvgIpc) is 3.13. The van der Waals surface area contributed by atoms with Crippen LogP contribution in [0.25, 0.3) is 10.4 Å². The highest BCUT2D eigenvalue weighted by molar-refractivity contribution is 14.0. The summed E-state index contributed by atoms with van der Waals surface area (Å²) in [5, 5.41) is 6.75. The fourth-order valence-corrected chi connectivity index (χ4v) is 3.80. The molecule has 2 rings (SSSR count). The van der Waals surface area contributed by atoms with Gasteiger partial charge in [-0.2, -0.15) is 11.8 Å². The summed E-state index contributed by atoms with van der Waals surface area (Å²) in [4.78, 5) is 6.84. The van der Waals surface area contributed by atoms with Gasteiger partial charge in [0.2, 0.25) is 0 Å². The number of rotatable bonds is 9. The first-order valence-electron chi connectivity index (χ1n) is 8.43. The molecule has 7 heteroatoms. The first-order valence-corrected chi connectivity index (χ1v) is 10.6. The van der Waals surface area contributed by atoms with E-state index < -0.39 is 0 Å². The molecule has 0 aliphatic carbocycles. The maximum Gasteiger partial charge on any atom is 0.191 e. The third-order valence-electron chi connectivity index (χ3n) is 3.76. The van der Waals surface area contributed by atoms with Crippen molar-refractivity contribution in [1.82, 2.24) is 10.6 Å². The Morgan fingerprint density at radius 3 is 2.54 bits per heavy atom. The molecule has 0 saturated carbocycles. The number of nitrogens with one attached hydrogen (secondary N) is 2. The Balaban J connectivity index is 0.00000338. The van der Waals surface area contributed by atoms with Crippen LogP contribution in [0.15, 0.2) is 41.4 Å². The van der Waals surface area contributed by atoms with E-state index in [1.54, 1.807) is 18.4 Å². The number of thiophene rings is 1. The van der Waals surface area contributed by atoms with Gasteiger partial charge in [-0.05, 0) is 66.8 Å². The molecule has 2 aromatic rings. The van der Waals surface area contributed by atoms with E-state index in [0.29, 0.717) is 0 Å². The highest BCUT2D eigenvalue weighted by Gasteiger charge is 2.04. The van der Waals surface area contributed by atoms with Crippen molar-refractivity contribution < 1.29 is 4.74 Å². The smallest absolute Gasteiger partial charge is 0.191 e. The van der Waals surface area contributed by atoms with Gasteiger partial charge in [-0.15, -0.1) is 35.3 Å². The summed E-state index contributed by atoms with van der Waals surface area (Å²) in [5.74, 6) is 2.97. The Hall–Kier alpha value is -0.930. The molecule has 0 radical (unpaired) electrons. The molecule has 0 fully saturated rings. The Morgan fingerprint density at radius 2 is 1.88 bits per heavy atom. The van der Waals surface area contributed by atoms with Crippen LogP contribution in [0.1, 0.15) is 17.7 Å². The van der Waals surface area contributed by atoms with Crippen LogP contribution in [-0.4, -0.2) is 38.7 Å². The summed E-state index contributed by atoms with van der Waals surface area (Å²) in [5.41, 5.74) is 1.22. The normalized spacial score (nSPS) is 11.0. The quantitative estimate of drug-likeness (QED) is 0.221. The lowest BCUT2D eigenvalue weighted by molar-refractivity contribution is 0.415. The van der Waals surface area contributed by atoms with Gasteiger partial charge in [0.1, 0.15) is 5.75 Å². The van der Waals surface area contributed by atoms with Crippen molar-refractivity contribution in [2.45, 2.75) is 19.4 Å². The number of guanidine groups is 1. The van der Waals surface area contributed by atoms with Crippen molar-refractivity contribution >= 4 is 53.0 Å².